The second-order valence-corrected chi connectivity index (χ2v) is 9.54. The van der Waals surface area contributed by atoms with Crippen molar-refractivity contribution in [3.63, 3.8) is 0 Å². The molecule has 1 fully saturated rings. The van der Waals surface area contributed by atoms with Crippen molar-refractivity contribution in [2.45, 2.75) is 24.4 Å². The Hall–Kier alpha value is -3.11. The van der Waals surface area contributed by atoms with Gasteiger partial charge in [0.15, 0.2) is 16.7 Å². The van der Waals surface area contributed by atoms with Crippen LogP contribution in [0.2, 0.25) is 0 Å². The minimum atomic E-state index is -0.603. The number of amides is 1. The Morgan fingerprint density at radius 2 is 1.74 bits per heavy atom. The van der Waals surface area contributed by atoms with E-state index in [0.717, 1.165) is 5.56 Å². The molecule has 2 heterocycles. The average Bonchev–Trinajstić information content (AvgIpc) is 3.32. The number of methoxy groups -OCH3 is 2. The van der Waals surface area contributed by atoms with E-state index in [2.05, 4.69) is 10.2 Å². The Morgan fingerprint density at radius 3 is 2.40 bits per heavy atom. The summed E-state index contributed by atoms with van der Waals surface area (Å²) in [5.74, 6) is 1.79. The second-order valence-electron chi connectivity index (χ2n) is 8.59. The van der Waals surface area contributed by atoms with Crippen LogP contribution in [0.3, 0.4) is 0 Å². The number of morpholine rings is 1. The first-order valence-corrected chi connectivity index (χ1v) is 12.3. The van der Waals surface area contributed by atoms with Gasteiger partial charge in [-0.1, -0.05) is 17.8 Å². The first-order valence-electron chi connectivity index (χ1n) is 11.3. The molecule has 0 bridgehead atoms. The van der Waals surface area contributed by atoms with Gasteiger partial charge in [-0.2, -0.15) is 0 Å². The van der Waals surface area contributed by atoms with Crippen molar-refractivity contribution in [2.75, 3.05) is 46.3 Å². The van der Waals surface area contributed by atoms with Gasteiger partial charge in [0, 0.05) is 18.8 Å². The van der Waals surface area contributed by atoms with Crippen molar-refractivity contribution in [3.8, 4) is 17.2 Å². The molecule has 35 heavy (non-hydrogen) atoms. The van der Waals surface area contributed by atoms with Crippen LogP contribution in [0, 0.1) is 5.82 Å². The van der Waals surface area contributed by atoms with Crippen molar-refractivity contribution in [2.24, 2.45) is 0 Å². The predicted octanol–water partition coefficient (Wildman–Crippen LogP) is 3.70. The van der Waals surface area contributed by atoms with Gasteiger partial charge in [0.1, 0.15) is 11.6 Å². The van der Waals surface area contributed by atoms with Crippen molar-refractivity contribution in [3.05, 3.63) is 59.7 Å². The Balaban J connectivity index is 1.70. The Morgan fingerprint density at radius 1 is 1.06 bits per heavy atom. The summed E-state index contributed by atoms with van der Waals surface area (Å²) in [5.41, 5.74) is 1.04. The molecule has 1 aliphatic rings. The summed E-state index contributed by atoms with van der Waals surface area (Å²) in [6, 6.07) is 11.9. The highest BCUT2D eigenvalue weighted by molar-refractivity contribution is 7.99. The number of thioether (sulfide) groups is 1. The van der Waals surface area contributed by atoms with Crippen LogP contribution in [0.15, 0.2) is 47.6 Å². The molecule has 3 aromatic rings. The largest absolute Gasteiger partial charge is 0.493 e. The van der Waals surface area contributed by atoms with Crippen LogP contribution in [0.5, 0.6) is 11.5 Å². The Kier molecular flexibility index (Phi) is 7.61. The maximum atomic E-state index is 13.7. The van der Waals surface area contributed by atoms with Gasteiger partial charge in [0.2, 0.25) is 5.91 Å². The molecule has 1 aromatic heterocycles. The monoisotopic (exact) mass is 500 g/mol. The molecule has 0 unspecified atom stereocenters. The third-order valence-electron chi connectivity index (χ3n) is 6.07. The first kappa shape index (κ1) is 25.0. The number of aromatic nitrogens is 3. The van der Waals surface area contributed by atoms with Crippen molar-refractivity contribution >= 4 is 17.7 Å². The molecule has 0 atom stereocenters. The zero-order valence-electron chi connectivity index (χ0n) is 20.3. The summed E-state index contributed by atoms with van der Waals surface area (Å²) in [6.07, 6.45) is 0. The molecule has 1 amide bonds. The smallest absolute Gasteiger partial charge is 0.233 e. The van der Waals surface area contributed by atoms with Crippen LogP contribution < -0.4 is 9.47 Å². The molecule has 186 valence electrons. The van der Waals surface area contributed by atoms with Gasteiger partial charge in [0.25, 0.3) is 0 Å². The zero-order valence-corrected chi connectivity index (χ0v) is 21.1. The second kappa shape index (κ2) is 10.7. The summed E-state index contributed by atoms with van der Waals surface area (Å²) < 4.78 is 31.8. The maximum absolute atomic E-state index is 13.7. The number of nitrogens with zero attached hydrogens (tertiary/aromatic N) is 4. The summed E-state index contributed by atoms with van der Waals surface area (Å²) in [6.45, 7) is 6.33. The fourth-order valence-corrected chi connectivity index (χ4v) is 4.83. The van der Waals surface area contributed by atoms with Gasteiger partial charge in [-0.15, -0.1) is 10.2 Å². The van der Waals surface area contributed by atoms with Gasteiger partial charge in [-0.3, -0.25) is 9.36 Å². The van der Waals surface area contributed by atoms with Gasteiger partial charge < -0.3 is 19.1 Å². The lowest BCUT2D eigenvalue weighted by molar-refractivity contribution is -0.132. The molecule has 0 spiro atoms. The lowest BCUT2D eigenvalue weighted by Crippen LogP contribution is -2.41. The standard InChI is InChI=1S/C25H29FN4O4S/c1-25(2,17-5-10-20(32-3)21(15-17)33-4)23-27-28-24(30(23)19-8-6-18(26)7-9-19)35-16-22(31)29-11-13-34-14-12-29/h5-10,15H,11-14,16H2,1-4H3. The molecular formula is C25H29FN4O4S. The van der Waals surface area contributed by atoms with E-state index in [1.54, 1.807) is 31.3 Å². The highest BCUT2D eigenvalue weighted by Crippen LogP contribution is 2.38. The number of ether oxygens (including phenoxy) is 3. The summed E-state index contributed by atoms with van der Waals surface area (Å²) in [7, 11) is 3.19. The normalized spacial score (nSPS) is 14.1. The molecule has 1 aliphatic heterocycles. The number of rotatable bonds is 8. The number of carbonyl (C=O) groups excluding carboxylic acids is 1. The van der Waals surface area contributed by atoms with Gasteiger partial charge in [-0.05, 0) is 55.8 Å². The zero-order chi connectivity index (χ0) is 25.0. The summed E-state index contributed by atoms with van der Waals surface area (Å²) >= 11 is 1.31. The van der Waals surface area contributed by atoms with Crippen molar-refractivity contribution in [1.29, 1.82) is 0 Å². The number of hydrogen-bond acceptors (Lipinski definition) is 7. The van der Waals surface area contributed by atoms with E-state index < -0.39 is 5.41 Å². The predicted molar refractivity (Wildman–Crippen MR) is 131 cm³/mol. The van der Waals surface area contributed by atoms with Gasteiger partial charge >= 0.3 is 0 Å². The van der Waals surface area contributed by atoms with Crippen LogP contribution in [-0.4, -0.2) is 71.8 Å². The van der Waals surface area contributed by atoms with Gasteiger partial charge in [-0.25, -0.2) is 4.39 Å². The number of halogens is 1. The minimum absolute atomic E-state index is 0.0210. The number of carbonyl (C=O) groups is 1. The minimum Gasteiger partial charge on any atom is -0.493 e. The fourth-order valence-electron chi connectivity index (χ4n) is 3.98. The molecule has 0 saturated carbocycles. The third-order valence-corrected chi connectivity index (χ3v) is 6.98. The quantitative estimate of drug-likeness (QED) is 0.437. The van der Waals surface area contributed by atoms with E-state index in [1.807, 2.05) is 36.6 Å². The molecular weight excluding hydrogens is 471 g/mol. The average molecular weight is 501 g/mol. The highest BCUT2D eigenvalue weighted by Gasteiger charge is 2.32. The SMILES string of the molecule is COc1ccc(C(C)(C)c2nnc(SCC(=O)N3CCOCC3)n2-c2ccc(F)cc2)cc1OC. The van der Waals surface area contributed by atoms with E-state index in [1.165, 1.54) is 23.9 Å². The lowest BCUT2D eigenvalue weighted by Gasteiger charge is -2.27. The van der Waals surface area contributed by atoms with E-state index in [0.29, 0.717) is 54.5 Å². The lowest BCUT2D eigenvalue weighted by atomic mass is 9.83. The van der Waals surface area contributed by atoms with Crippen LogP contribution in [0.1, 0.15) is 25.2 Å². The number of benzene rings is 2. The molecule has 0 aliphatic carbocycles. The number of hydrogen-bond donors (Lipinski definition) is 0. The Bertz CT molecular complexity index is 1180. The van der Waals surface area contributed by atoms with Crippen molar-refractivity contribution in [1.82, 2.24) is 19.7 Å². The molecule has 4 rings (SSSR count). The summed E-state index contributed by atoms with van der Waals surface area (Å²) in [4.78, 5) is 14.5. The molecule has 0 N–H and O–H groups in total. The third kappa shape index (κ3) is 5.28. The van der Waals surface area contributed by atoms with E-state index >= 15 is 0 Å². The topological polar surface area (TPSA) is 78.7 Å². The first-order chi connectivity index (χ1) is 16.8. The summed E-state index contributed by atoms with van der Waals surface area (Å²) in [5, 5.41) is 9.52. The van der Waals surface area contributed by atoms with Crippen molar-refractivity contribution < 1.29 is 23.4 Å². The molecule has 1 saturated heterocycles. The van der Waals surface area contributed by atoms with Crippen LogP contribution in [-0.2, 0) is 14.9 Å². The highest BCUT2D eigenvalue weighted by atomic mass is 32.2. The molecule has 0 radical (unpaired) electrons. The van der Waals surface area contributed by atoms with Crippen LogP contribution in [0.25, 0.3) is 5.69 Å². The fraction of sp³-hybridized carbons (Fsp3) is 0.400. The van der Waals surface area contributed by atoms with E-state index in [-0.39, 0.29) is 17.5 Å². The molecule has 8 nitrogen and oxygen atoms in total. The van der Waals surface area contributed by atoms with E-state index in [4.69, 9.17) is 14.2 Å². The van der Waals surface area contributed by atoms with Gasteiger partial charge in [0.05, 0.1) is 38.6 Å². The molecule has 2 aromatic carbocycles. The van der Waals surface area contributed by atoms with Crippen LogP contribution in [0.4, 0.5) is 4.39 Å². The van der Waals surface area contributed by atoms with E-state index in [9.17, 15) is 9.18 Å². The Labute approximate surface area is 208 Å². The molecule has 10 heteroatoms. The maximum Gasteiger partial charge on any atom is 0.233 e. The van der Waals surface area contributed by atoms with Crippen LogP contribution >= 0.6 is 11.8 Å².